The Morgan fingerprint density at radius 2 is 2.33 bits per heavy atom. The van der Waals surface area contributed by atoms with E-state index in [4.69, 9.17) is 10.9 Å². The number of hydrogen-bond donors (Lipinski definition) is 2. The average molecular weight is 210 g/mol. The minimum atomic E-state index is 0.210. The third-order valence-electron chi connectivity index (χ3n) is 2.24. The summed E-state index contributed by atoms with van der Waals surface area (Å²) in [5.74, 6) is 0.766. The molecule has 3 N–H and O–H groups in total. The Morgan fingerprint density at radius 3 is 2.87 bits per heavy atom. The Morgan fingerprint density at radius 1 is 1.67 bits per heavy atom. The molecule has 0 spiro atoms. The fraction of sp³-hybridized carbons (Fsp3) is 0.600. The number of oxime groups is 1. The van der Waals surface area contributed by atoms with Gasteiger partial charge in [-0.2, -0.15) is 5.10 Å². The summed E-state index contributed by atoms with van der Waals surface area (Å²) >= 11 is 0. The summed E-state index contributed by atoms with van der Waals surface area (Å²) in [5.41, 5.74) is 7.53. The van der Waals surface area contributed by atoms with Crippen molar-refractivity contribution >= 4 is 5.84 Å². The first kappa shape index (κ1) is 11.6. The molecule has 1 aromatic rings. The standard InChI is InChI=1S/C10H18N4O/c1-7(2)6-14-8(3)9(5-12-14)4-10(11)13-15/h5,7,15H,4,6H2,1-3H3,(H2,11,13). The fourth-order valence-electron chi connectivity index (χ4n) is 1.42. The van der Waals surface area contributed by atoms with E-state index in [1.807, 2.05) is 11.6 Å². The molecular weight excluding hydrogens is 192 g/mol. The van der Waals surface area contributed by atoms with E-state index in [2.05, 4.69) is 24.1 Å². The van der Waals surface area contributed by atoms with Gasteiger partial charge in [-0.25, -0.2) is 0 Å². The molecule has 0 bridgehead atoms. The molecule has 0 saturated carbocycles. The summed E-state index contributed by atoms with van der Waals surface area (Å²) < 4.78 is 1.95. The lowest BCUT2D eigenvalue weighted by molar-refractivity contribution is 0.317. The molecule has 1 aromatic heterocycles. The van der Waals surface area contributed by atoms with Gasteiger partial charge in [0.15, 0.2) is 0 Å². The van der Waals surface area contributed by atoms with Crippen LogP contribution in [-0.2, 0) is 13.0 Å². The van der Waals surface area contributed by atoms with Crippen LogP contribution >= 0.6 is 0 Å². The van der Waals surface area contributed by atoms with Crippen LogP contribution in [0.25, 0.3) is 0 Å². The second kappa shape index (κ2) is 4.82. The first-order chi connectivity index (χ1) is 7.04. The van der Waals surface area contributed by atoms with E-state index in [1.165, 1.54) is 0 Å². The quantitative estimate of drug-likeness (QED) is 0.338. The lowest BCUT2D eigenvalue weighted by Gasteiger charge is -2.07. The molecule has 0 radical (unpaired) electrons. The van der Waals surface area contributed by atoms with Crippen molar-refractivity contribution in [1.29, 1.82) is 0 Å². The first-order valence-corrected chi connectivity index (χ1v) is 5.02. The van der Waals surface area contributed by atoms with Crippen molar-refractivity contribution in [2.45, 2.75) is 33.7 Å². The second-order valence-corrected chi connectivity index (χ2v) is 4.10. The largest absolute Gasteiger partial charge is 0.409 e. The zero-order valence-electron chi connectivity index (χ0n) is 9.44. The van der Waals surface area contributed by atoms with Crippen LogP contribution in [0.4, 0.5) is 0 Å². The first-order valence-electron chi connectivity index (χ1n) is 5.02. The van der Waals surface area contributed by atoms with Crippen molar-refractivity contribution in [1.82, 2.24) is 9.78 Å². The molecule has 0 amide bonds. The molecule has 0 atom stereocenters. The predicted molar refractivity (Wildman–Crippen MR) is 58.9 cm³/mol. The molecular formula is C10H18N4O. The van der Waals surface area contributed by atoms with Gasteiger partial charge in [-0.05, 0) is 12.8 Å². The van der Waals surface area contributed by atoms with E-state index in [1.54, 1.807) is 6.20 Å². The van der Waals surface area contributed by atoms with Gasteiger partial charge < -0.3 is 10.9 Å². The average Bonchev–Trinajstić information content (AvgIpc) is 2.49. The lowest BCUT2D eigenvalue weighted by atomic mass is 10.1. The van der Waals surface area contributed by atoms with Gasteiger partial charge in [0.1, 0.15) is 5.84 Å². The van der Waals surface area contributed by atoms with Crippen molar-refractivity contribution in [3.63, 3.8) is 0 Å². The normalized spacial score (nSPS) is 12.4. The molecule has 15 heavy (non-hydrogen) atoms. The maximum absolute atomic E-state index is 8.47. The van der Waals surface area contributed by atoms with Gasteiger partial charge in [0.25, 0.3) is 0 Å². The number of rotatable bonds is 4. The van der Waals surface area contributed by atoms with Crippen LogP contribution in [0.15, 0.2) is 11.4 Å². The van der Waals surface area contributed by atoms with Gasteiger partial charge in [-0.3, -0.25) is 4.68 Å². The zero-order chi connectivity index (χ0) is 11.4. The van der Waals surface area contributed by atoms with Gasteiger partial charge >= 0.3 is 0 Å². The summed E-state index contributed by atoms with van der Waals surface area (Å²) in [6, 6.07) is 0. The molecule has 0 fully saturated rings. The molecule has 84 valence electrons. The third kappa shape index (κ3) is 2.97. The van der Waals surface area contributed by atoms with E-state index in [-0.39, 0.29) is 5.84 Å². The number of nitrogens with zero attached hydrogens (tertiary/aromatic N) is 3. The van der Waals surface area contributed by atoms with Gasteiger partial charge in [0, 0.05) is 24.2 Å². The number of amidine groups is 1. The van der Waals surface area contributed by atoms with Gasteiger partial charge in [-0.1, -0.05) is 19.0 Å². The lowest BCUT2D eigenvalue weighted by Crippen LogP contribution is -2.15. The van der Waals surface area contributed by atoms with E-state index in [0.29, 0.717) is 12.3 Å². The minimum Gasteiger partial charge on any atom is -0.409 e. The van der Waals surface area contributed by atoms with Gasteiger partial charge in [0.2, 0.25) is 0 Å². The molecule has 0 aromatic carbocycles. The zero-order valence-corrected chi connectivity index (χ0v) is 9.44. The Kier molecular flexibility index (Phi) is 3.71. The van der Waals surface area contributed by atoms with Gasteiger partial charge in [0.05, 0.1) is 6.20 Å². The minimum absolute atomic E-state index is 0.210. The number of nitrogens with two attached hydrogens (primary N) is 1. The highest BCUT2D eigenvalue weighted by Gasteiger charge is 2.08. The molecule has 5 heteroatoms. The smallest absolute Gasteiger partial charge is 0.143 e. The fourth-order valence-corrected chi connectivity index (χ4v) is 1.42. The highest BCUT2D eigenvalue weighted by Crippen LogP contribution is 2.10. The van der Waals surface area contributed by atoms with Crippen LogP contribution in [0.5, 0.6) is 0 Å². The van der Waals surface area contributed by atoms with Crippen molar-refractivity contribution in [3.05, 3.63) is 17.5 Å². The SMILES string of the molecule is Cc1c(C/C(N)=N/O)cnn1CC(C)C. The topological polar surface area (TPSA) is 76.4 Å². The highest BCUT2D eigenvalue weighted by atomic mass is 16.4. The Bertz CT molecular complexity index is 354. The van der Waals surface area contributed by atoms with Crippen LogP contribution in [0.1, 0.15) is 25.1 Å². The van der Waals surface area contributed by atoms with E-state index < -0.39 is 0 Å². The monoisotopic (exact) mass is 210 g/mol. The Labute approximate surface area is 89.6 Å². The number of hydrogen-bond acceptors (Lipinski definition) is 3. The third-order valence-corrected chi connectivity index (χ3v) is 2.24. The maximum atomic E-state index is 8.47. The Hall–Kier alpha value is -1.52. The molecule has 1 rings (SSSR count). The summed E-state index contributed by atoms with van der Waals surface area (Å²) in [5, 5.41) is 15.7. The Balaban J connectivity index is 2.80. The molecule has 0 aliphatic carbocycles. The summed E-state index contributed by atoms with van der Waals surface area (Å²) in [4.78, 5) is 0. The van der Waals surface area contributed by atoms with E-state index >= 15 is 0 Å². The second-order valence-electron chi connectivity index (χ2n) is 4.10. The molecule has 0 saturated heterocycles. The van der Waals surface area contributed by atoms with Crippen LogP contribution in [0.2, 0.25) is 0 Å². The molecule has 0 aliphatic rings. The number of aromatic nitrogens is 2. The maximum Gasteiger partial charge on any atom is 0.143 e. The van der Waals surface area contributed by atoms with Crippen LogP contribution in [0, 0.1) is 12.8 Å². The van der Waals surface area contributed by atoms with Crippen LogP contribution < -0.4 is 5.73 Å². The van der Waals surface area contributed by atoms with Crippen molar-refractivity contribution in [2.24, 2.45) is 16.8 Å². The van der Waals surface area contributed by atoms with E-state index in [9.17, 15) is 0 Å². The molecule has 1 heterocycles. The van der Waals surface area contributed by atoms with E-state index in [0.717, 1.165) is 17.8 Å². The molecule has 0 unspecified atom stereocenters. The molecule has 5 nitrogen and oxygen atoms in total. The summed E-state index contributed by atoms with van der Waals surface area (Å²) in [7, 11) is 0. The van der Waals surface area contributed by atoms with Crippen LogP contribution in [-0.4, -0.2) is 20.8 Å². The highest BCUT2D eigenvalue weighted by molar-refractivity contribution is 5.82. The van der Waals surface area contributed by atoms with Crippen molar-refractivity contribution in [3.8, 4) is 0 Å². The molecule has 0 aliphatic heterocycles. The van der Waals surface area contributed by atoms with Crippen molar-refractivity contribution < 1.29 is 5.21 Å². The summed E-state index contributed by atoms with van der Waals surface area (Å²) in [6.45, 7) is 7.17. The summed E-state index contributed by atoms with van der Waals surface area (Å²) in [6.07, 6.45) is 2.22. The van der Waals surface area contributed by atoms with Crippen LogP contribution in [0.3, 0.4) is 0 Å². The predicted octanol–water partition coefficient (Wildman–Crippen LogP) is 1.14. The van der Waals surface area contributed by atoms with Crippen molar-refractivity contribution in [2.75, 3.05) is 0 Å². The van der Waals surface area contributed by atoms with Gasteiger partial charge in [-0.15, -0.1) is 0 Å².